The van der Waals surface area contributed by atoms with Crippen molar-refractivity contribution in [2.45, 2.75) is 40.0 Å². The fraction of sp³-hybridized carbons (Fsp3) is 0.900. The molecule has 0 bridgehead atoms. The first-order valence-corrected chi connectivity index (χ1v) is 4.63. The van der Waals surface area contributed by atoms with Crippen LogP contribution >= 0.6 is 0 Å². The van der Waals surface area contributed by atoms with Gasteiger partial charge in [0, 0.05) is 0 Å². The fourth-order valence-electron chi connectivity index (χ4n) is 2.53. The molecule has 0 saturated heterocycles. The van der Waals surface area contributed by atoms with Gasteiger partial charge in [0.25, 0.3) is 0 Å². The molecular weight excluding hydrogens is 152 g/mol. The van der Waals surface area contributed by atoms with Crippen LogP contribution in [0.15, 0.2) is 0 Å². The van der Waals surface area contributed by atoms with Crippen molar-refractivity contribution in [3.05, 3.63) is 0 Å². The zero-order valence-electron chi connectivity index (χ0n) is 8.13. The summed E-state index contributed by atoms with van der Waals surface area (Å²) in [5.74, 6) is -0.159. The number of carboxylic acid groups (broad SMARTS) is 1. The molecule has 2 nitrogen and oxygen atoms in total. The Morgan fingerprint density at radius 2 is 2.00 bits per heavy atom. The third kappa shape index (κ3) is 2.23. The summed E-state index contributed by atoms with van der Waals surface area (Å²) >= 11 is 0. The van der Waals surface area contributed by atoms with Crippen LogP contribution in [0.3, 0.4) is 0 Å². The van der Waals surface area contributed by atoms with Crippen LogP contribution in [0.5, 0.6) is 0 Å². The Morgan fingerprint density at radius 1 is 1.42 bits per heavy atom. The lowest BCUT2D eigenvalue weighted by atomic mass is 9.68. The molecule has 12 heavy (non-hydrogen) atoms. The lowest BCUT2D eigenvalue weighted by Crippen LogP contribution is -2.31. The molecule has 70 valence electrons. The Balaban J connectivity index is 2.64. The molecule has 1 saturated carbocycles. The van der Waals surface area contributed by atoms with Gasteiger partial charge in [0.15, 0.2) is 0 Å². The van der Waals surface area contributed by atoms with E-state index in [0.29, 0.717) is 5.92 Å². The molecule has 1 N–H and O–H groups in total. The minimum atomic E-state index is -0.616. The average molecular weight is 170 g/mol. The first-order valence-electron chi connectivity index (χ1n) is 4.63. The third-order valence-corrected chi connectivity index (χ3v) is 2.74. The number of rotatable bonds is 1. The van der Waals surface area contributed by atoms with E-state index in [4.69, 9.17) is 5.11 Å². The van der Waals surface area contributed by atoms with Gasteiger partial charge in [-0.2, -0.15) is 0 Å². The van der Waals surface area contributed by atoms with E-state index in [-0.39, 0.29) is 11.3 Å². The predicted molar refractivity (Wildman–Crippen MR) is 47.9 cm³/mol. The van der Waals surface area contributed by atoms with Gasteiger partial charge in [0.2, 0.25) is 0 Å². The summed E-state index contributed by atoms with van der Waals surface area (Å²) in [4.78, 5) is 10.8. The highest BCUT2D eigenvalue weighted by molar-refractivity contribution is 5.70. The molecule has 2 atom stereocenters. The van der Waals surface area contributed by atoms with Crippen LogP contribution < -0.4 is 0 Å². The van der Waals surface area contributed by atoms with Crippen LogP contribution in [0.2, 0.25) is 0 Å². The van der Waals surface area contributed by atoms with Crippen LogP contribution in [-0.2, 0) is 4.79 Å². The normalized spacial score (nSPS) is 34.6. The molecule has 0 spiro atoms. The van der Waals surface area contributed by atoms with Crippen molar-refractivity contribution in [3.63, 3.8) is 0 Å². The first kappa shape index (κ1) is 9.56. The summed E-state index contributed by atoms with van der Waals surface area (Å²) < 4.78 is 0. The molecule has 2 heteroatoms. The average Bonchev–Trinajstić information content (AvgIpc) is 1.82. The Hall–Kier alpha value is -0.530. The number of aliphatic carboxylic acids is 1. The minimum Gasteiger partial charge on any atom is -0.481 e. The topological polar surface area (TPSA) is 37.3 Å². The van der Waals surface area contributed by atoms with Crippen molar-refractivity contribution >= 4 is 5.97 Å². The summed E-state index contributed by atoms with van der Waals surface area (Å²) in [5, 5.41) is 8.89. The molecule has 1 rings (SSSR count). The number of hydrogen-bond acceptors (Lipinski definition) is 1. The second kappa shape index (κ2) is 3.08. The maximum atomic E-state index is 10.8. The van der Waals surface area contributed by atoms with Gasteiger partial charge in [-0.15, -0.1) is 0 Å². The summed E-state index contributed by atoms with van der Waals surface area (Å²) in [5.41, 5.74) is 0.223. The standard InChI is InChI=1S/C10H18O2/c1-7-4-8(9(11)12)6-10(2,3)5-7/h7-8H,4-6H2,1-3H3,(H,11,12). The summed E-state index contributed by atoms with van der Waals surface area (Å²) in [6.45, 7) is 6.48. The molecule has 1 aliphatic carbocycles. The van der Waals surface area contributed by atoms with Gasteiger partial charge >= 0.3 is 5.97 Å². The van der Waals surface area contributed by atoms with E-state index in [1.54, 1.807) is 0 Å². The number of carboxylic acids is 1. The van der Waals surface area contributed by atoms with E-state index in [1.165, 1.54) is 0 Å². The minimum absolute atomic E-state index is 0.108. The van der Waals surface area contributed by atoms with E-state index in [1.807, 2.05) is 0 Å². The molecule has 1 aliphatic rings. The SMILES string of the molecule is CC1CC(C(=O)O)CC(C)(C)C1. The van der Waals surface area contributed by atoms with E-state index in [9.17, 15) is 4.79 Å². The molecular formula is C10H18O2. The molecule has 0 aromatic rings. The Labute approximate surface area is 74.0 Å². The zero-order valence-corrected chi connectivity index (χ0v) is 8.13. The molecule has 0 aliphatic heterocycles. The van der Waals surface area contributed by atoms with E-state index >= 15 is 0 Å². The second-order valence-corrected chi connectivity index (χ2v) is 4.95. The third-order valence-electron chi connectivity index (χ3n) is 2.74. The molecule has 0 radical (unpaired) electrons. The monoisotopic (exact) mass is 170 g/mol. The van der Waals surface area contributed by atoms with Gasteiger partial charge in [-0.25, -0.2) is 0 Å². The number of hydrogen-bond donors (Lipinski definition) is 1. The zero-order chi connectivity index (χ0) is 9.35. The summed E-state index contributed by atoms with van der Waals surface area (Å²) in [7, 11) is 0. The fourth-order valence-corrected chi connectivity index (χ4v) is 2.53. The summed E-state index contributed by atoms with van der Waals surface area (Å²) in [6, 6.07) is 0. The van der Waals surface area contributed by atoms with E-state index in [0.717, 1.165) is 19.3 Å². The molecule has 1 fully saturated rings. The summed E-state index contributed by atoms with van der Waals surface area (Å²) in [6.07, 6.45) is 2.86. The highest BCUT2D eigenvalue weighted by Crippen LogP contribution is 2.41. The van der Waals surface area contributed by atoms with Crippen molar-refractivity contribution < 1.29 is 9.90 Å². The van der Waals surface area contributed by atoms with Crippen molar-refractivity contribution in [2.24, 2.45) is 17.3 Å². The van der Waals surface area contributed by atoms with Crippen LogP contribution in [-0.4, -0.2) is 11.1 Å². The maximum absolute atomic E-state index is 10.8. The first-order chi connectivity index (χ1) is 5.41. The smallest absolute Gasteiger partial charge is 0.306 e. The van der Waals surface area contributed by atoms with Crippen molar-refractivity contribution in [1.82, 2.24) is 0 Å². The van der Waals surface area contributed by atoms with E-state index < -0.39 is 5.97 Å². The van der Waals surface area contributed by atoms with Gasteiger partial charge < -0.3 is 5.11 Å². The number of carbonyl (C=O) groups is 1. The molecule has 0 aromatic heterocycles. The Kier molecular flexibility index (Phi) is 2.45. The van der Waals surface area contributed by atoms with Gasteiger partial charge in [0.05, 0.1) is 5.92 Å². The Morgan fingerprint density at radius 3 is 2.42 bits per heavy atom. The van der Waals surface area contributed by atoms with Crippen LogP contribution in [0.25, 0.3) is 0 Å². The lowest BCUT2D eigenvalue weighted by Gasteiger charge is -2.37. The highest BCUT2D eigenvalue weighted by atomic mass is 16.4. The predicted octanol–water partition coefficient (Wildman–Crippen LogP) is 2.53. The molecule has 0 amide bonds. The van der Waals surface area contributed by atoms with E-state index in [2.05, 4.69) is 20.8 Å². The van der Waals surface area contributed by atoms with Crippen molar-refractivity contribution in [2.75, 3.05) is 0 Å². The van der Waals surface area contributed by atoms with Crippen LogP contribution in [0.4, 0.5) is 0 Å². The Bertz CT molecular complexity index is 184. The molecule has 2 unspecified atom stereocenters. The highest BCUT2D eigenvalue weighted by Gasteiger charge is 2.35. The quantitative estimate of drug-likeness (QED) is 0.656. The van der Waals surface area contributed by atoms with Crippen molar-refractivity contribution in [1.29, 1.82) is 0 Å². The second-order valence-electron chi connectivity index (χ2n) is 4.95. The van der Waals surface area contributed by atoms with Gasteiger partial charge in [-0.05, 0) is 30.6 Å². The van der Waals surface area contributed by atoms with Crippen LogP contribution in [0.1, 0.15) is 40.0 Å². The molecule has 0 heterocycles. The van der Waals surface area contributed by atoms with Crippen LogP contribution in [0, 0.1) is 17.3 Å². The largest absolute Gasteiger partial charge is 0.481 e. The van der Waals surface area contributed by atoms with Gasteiger partial charge in [0.1, 0.15) is 0 Å². The maximum Gasteiger partial charge on any atom is 0.306 e. The molecule has 0 aromatic carbocycles. The van der Waals surface area contributed by atoms with Gasteiger partial charge in [-0.1, -0.05) is 20.8 Å². The van der Waals surface area contributed by atoms with Gasteiger partial charge in [-0.3, -0.25) is 4.79 Å². The van der Waals surface area contributed by atoms with Crippen molar-refractivity contribution in [3.8, 4) is 0 Å². The lowest BCUT2D eigenvalue weighted by molar-refractivity contribution is -0.145.